The van der Waals surface area contributed by atoms with Crippen molar-refractivity contribution in [3.05, 3.63) is 60.4 Å². The van der Waals surface area contributed by atoms with Crippen LogP contribution in [0.5, 0.6) is 0 Å². The van der Waals surface area contributed by atoms with Crippen LogP contribution in [-0.2, 0) is 31.5 Å². The predicted molar refractivity (Wildman–Crippen MR) is 115 cm³/mol. The summed E-state index contributed by atoms with van der Waals surface area (Å²) in [7, 11) is 2.74. The van der Waals surface area contributed by atoms with Crippen molar-refractivity contribution in [1.82, 2.24) is 18.5 Å². The molecule has 0 unspecified atom stereocenters. The lowest BCUT2D eigenvalue weighted by Gasteiger charge is -2.10. The largest absolute Gasteiger partial charge is 0.422 e. The Bertz CT molecular complexity index is 1540. The first-order chi connectivity index (χ1) is 15.9. The van der Waals surface area contributed by atoms with Gasteiger partial charge < -0.3 is 5.32 Å². The average molecular weight is 517 g/mol. The minimum atomic E-state index is -5.19. The summed E-state index contributed by atoms with van der Waals surface area (Å²) in [6, 6.07) is 1.02. The molecule has 0 aliphatic carbocycles. The van der Waals surface area contributed by atoms with Gasteiger partial charge in [0.1, 0.15) is 17.2 Å². The second-order valence-corrected chi connectivity index (χ2v) is 8.80. The fourth-order valence-electron chi connectivity index (χ4n) is 3.21. The zero-order valence-corrected chi connectivity index (χ0v) is 18.8. The van der Waals surface area contributed by atoms with Gasteiger partial charge in [0.25, 0.3) is 5.56 Å². The van der Waals surface area contributed by atoms with Gasteiger partial charge in [-0.2, -0.15) is 17.5 Å². The van der Waals surface area contributed by atoms with Crippen molar-refractivity contribution in [3.8, 4) is 11.3 Å². The minimum absolute atomic E-state index is 0.0230. The number of halogens is 5. The molecule has 15 heteroatoms. The summed E-state index contributed by atoms with van der Waals surface area (Å²) < 4.78 is 72.1. The topological polar surface area (TPSA) is 98.9 Å². The van der Waals surface area contributed by atoms with E-state index in [0.29, 0.717) is 17.0 Å². The summed E-state index contributed by atoms with van der Waals surface area (Å²) in [5.74, 6) is -4.16. The molecule has 1 N–H and O–H groups in total. The van der Waals surface area contributed by atoms with Crippen LogP contribution >= 0.6 is 22.9 Å². The summed E-state index contributed by atoms with van der Waals surface area (Å²) in [5, 5.41) is 3.92. The molecule has 3 heterocycles. The van der Waals surface area contributed by atoms with Crippen molar-refractivity contribution >= 4 is 44.9 Å². The van der Waals surface area contributed by atoms with Crippen LogP contribution in [0.1, 0.15) is 10.4 Å². The molecule has 0 bridgehead atoms. The highest BCUT2D eigenvalue weighted by Crippen LogP contribution is 2.36. The highest BCUT2D eigenvalue weighted by atomic mass is 32.1. The van der Waals surface area contributed by atoms with E-state index in [4.69, 9.17) is 0 Å². The van der Waals surface area contributed by atoms with E-state index in [2.05, 4.69) is 14.7 Å². The maximum atomic E-state index is 13.9. The molecule has 0 fully saturated rings. The molecule has 0 atom stereocenters. The van der Waals surface area contributed by atoms with Gasteiger partial charge >= 0.3 is 11.9 Å². The number of anilines is 1. The van der Waals surface area contributed by atoms with Gasteiger partial charge in [-0.15, -0.1) is 11.3 Å². The number of nitrogens with one attached hydrogen (secondary N) is 1. The van der Waals surface area contributed by atoms with Gasteiger partial charge in [0.2, 0.25) is 5.91 Å². The Balaban J connectivity index is 1.57. The summed E-state index contributed by atoms with van der Waals surface area (Å²) in [5.41, 5.74) is -3.30. The van der Waals surface area contributed by atoms with Gasteiger partial charge in [0.15, 0.2) is 10.8 Å². The molecule has 4 rings (SSSR count). The van der Waals surface area contributed by atoms with Crippen LogP contribution in [0.2, 0.25) is 0 Å². The van der Waals surface area contributed by atoms with E-state index in [9.17, 15) is 36.3 Å². The number of carbonyl (C=O) groups is 1. The quantitative estimate of drug-likeness (QED) is 0.419. The standard InChI is InChI=1S/C19H12F5N5O3S2/c1-28-15-13(16(31)29(2)18(28)32)11(34-27-15)5-12(30)26-17-25-10(6-33-17)7-3-8(20)14(9(21)4-7)19(22,23)24/h3-4,6H,5H2,1-2H3,(H,25,26,30). The van der Waals surface area contributed by atoms with Gasteiger partial charge in [-0.1, -0.05) is 0 Å². The van der Waals surface area contributed by atoms with Crippen molar-refractivity contribution in [3.63, 3.8) is 0 Å². The van der Waals surface area contributed by atoms with Gasteiger partial charge in [0.05, 0.1) is 17.5 Å². The summed E-state index contributed by atoms with van der Waals surface area (Å²) in [4.78, 5) is 41.3. The first kappa shape index (κ1) is 23.7. The molecule has 34 heavy (non-hydrogen) atoms. The molecule has 8 nitrogen and oxygen atoms in total. The molecule has 0 aliphatic heterocycles. The lowest BCUT2D eigenvalue weighted by molar-refractivity contribution is -0.142. The Morgan fingerprint density at radius 1 is 1.12 bits per heavy atom. The van der Waals surface area contributed by atoms with Gasteiger partial charge in [0, 0.05) is 29.9 Å². The van der Waals surface area contributed by atoms with Crippen LogP contribution in [0.3, 0.4) is 0 Å². The molecular weight excluding hydrogens is 505 g/mol. The Morgan fingerprint density at radius 3 is 2.38 bits per heavy atom. The second kappa shape index (κ2) is 8.39. The predicted octanol–water partition coefficient (Wildman–Crippen LogP) is 3.30. The minimum Gasteiger partial charge on any atom is -0.302 e. The molecular formula is C19H12F5N5O3S2. The Hall–Kier alpha value is -3.46. The van der Waals surface area contributed by atoms with Crippen molar-refractivity contribution in [2.24, 2.45) is 14.1 Å². The number of rotatable bonds is 4. The number of benzene rings is 1. The Labute approximate surface area is 194 Å². The molecule has 0 saturated carbocycles. The maximum absolute atomic E-state index is 13.9. The maximum Gasteiger partial charge on any atom is 0.422 e. The van der Waals surface area contributed by atoms with Crippen molar-refractivity contribution in [2.75, 3.05) is 5.32 Å². The normalized spacial score (nSPS) is 11.9. The number of aryl methyl sites for hydroxylation is 1. The number of hydrogen-bond donors (Lipinski definition) is 1. The van der Waals surface area contributed by atoms with Crippen LogP contribution in [0.25, 0.3) is 22.3 Å². The number of thiazole rings is 1. The fraction of sp³-hybridized carbons (Fsp3) is 0.211. The lowest BCUT2D eigenvalue weighted by atomic mass is 10.1. The number of nitrogens with zero attached hydrogens (tertiary/aromatic N) is 4. The van der Waals surface area contributed by atoms with Crippen LogP contribution in [0.15, 0.2) is 27.1 Å². The fourth-order valence-corrected chi connectivity index (χ4v) is 4.83. The van der Waals surface area contributed by atoms with E-state index >= 15 is 0 Å². The summed E-state index contributed by atoms with van der Waals surface area (Å²) in [6.07, 6.45) is -5.46. The van der Waals surface area contributed by atoms with Crippen LogP contribution in [0, 0.1) is 11.6 Å². The Morgan fingerprint density at radius 2 is 1.76 bits per heavy atom. The van der Waals surface area contributed by atoms with E-state index < -0.39 is 40.5 Å². The molecule has 4 aromatic rings. The first-order valence-electron chi connectivity index (χ1n) is 9.24. The third-order valence-electron chi connectivity index (χ3n) is 4.85. The van der Waals surface area contributed by atoms with Crippen LogP contribution in [0.4, 0.5) is 27.1 Å². The molecule has 178 valence electrons. The molecule has 1 amide bonds. The number of amides is 1. The van der Waals surface area contributed by atoms with Gasteiger partial charge in [-0.25, -0.2) is 18.6 Å². The smallest absolute Gasteiger partial charge is 0.302 e. The molecule has 1 aromatic carbocycles. The summed E-state index contributed by atoms with van der Waals surface area (Å²) >= 11 is 1.77. The van der Waals surface area contributed by atoms with Crippen molar-refractivity contribution in [1.29, 1.82) is 0 Å². The average Bonchev–Trinajstić information content (AvgIpc) is 3.36. The van der Waals surface area contributed by atoms with Crippen molar-refractivity contribution in [2.45, 2.75) is 12.6 Å². The summed E-state index contributed by atoms with van der Waals surface area (Å²) in [6.45, 7) is 0. The van der Waals surface area contributed by atoms with E-state index in [1.54, 1.807) is 0 Å². The van der Waals surface area contributed by atoms with Crippen LogP contribution < -0.4 is 16.6 Å². The Kier molecular flexibility index (Phi) is 5.85. The van der Waals surface area contributed by atoms with Crippen molar-refractivity contribution < 1.29 is 26.7 Å². The second-order valence-electron chi connectivity index (χ2n) is 7.09. The monoisotopic (exact) mass is 517 g/mol. The van der Waals surface area contributed by atoms with Gasteiger partial charge in [-0.05, 0) is 23.7 Å². The first-order valence-corrected chi connectivity index (χ1v) is 10.9. The van der Waals surface area contributed by atoms with E-state index in [-0.39, 0.29) is 33.8 Å². The lowest BCUT2D eigenvalue weighted by Crippen LogP contribution is -2.37. The van der Waals surface area contributed by atoms with Gasteiger partial charge in [-0.3, -0.25) is 18.7 Å². The highest BCUT2D eigenvalue weighted by Gasteiger charge is 2.38. The zero-order chi connectivity index (χ0) is 24.9. The molecule has 0 spiro atoms. The van der Waals surface area contributed by atoms with E-state index in [1.807, 2.05) is 0 Å². The molecule has 0 saturated heterocycles. The molecule has 0 radical (unpaired) electrons. The van der Waals surface area contributed by atoms with E-state index in [1.165, 1.54) is 24.0 Å². The molecule has 3 aromatic heterocycles. The number of carbonyl (C=O) groups excluding carboxylic acids is 1. The third kappa shape index (κ3) is 4.11. The number of hydrogen-bond acceptors (Lipinski definition) is 7. The van der Waals surface area contributed by atoms with E-state index in [0.717, 1.165) is 27.4 Å². The zero-order valence-electron chi connectivity index (χ0n) is 17.2. The number of aromatic nitrogens is 4. The number of fused-ring (bicyclic) bond motifs is 1. The van der Waals surface area contributed by atoms with Crippen LogP contribution in [-0.4, -0.2) is 24.4 Å². The molecule has 0 aliphatic rings. The SMILES string of the molecule is Cn1c(=O)c2c(CC(=O)Nc3nc(-c4cc(F)c(C(F)(F)F)c(F)c4)cs3)snc2n(C)c1=O. The highest BCUT2D eigenvalue weighted by molar-refractivity contribution is 7.14. The third-order valence-corrected chi connectivity index (χ3v) is 6.44. The number of alkyl halides is 3.